The summed E-state index contributed by atoms with van der Waals surface area (Å²) < 4.78 is 13.4. The van der Waals surface area contributed by atoms with Gasteiger partial charge in [-0.15, -0.1) is 0 Å². The van der Waals surface area contributed by atoms with Crippen molar-refractivity contribution in [3.63, 3.8) is 0 Å². The van der Waals surface area contributed by atoms with Crippen LogP contribution in [0.15, 0.2) is 48.5 Å². The van der Waals surface area contributed by atoms with Gasteiger partial charge in [-0.05, 0) is 55.1 Å². The lowest BCUT2D eigenvalue weighted by molar-refractivity contribution is 0.481. The van der Waals surface area contributed by atoms with Gasteiger partial charge < -0.3 is 5.32 Å². The first-order valence-electron chi connectivity index (χ1n) is 7.09. The molecule has 2 aromatic carbocycles. The van der Waals surface area contributed by atoms with Crippen molar-refractivity contribution in [3.05, 3.63) is 71.0 Å². The zero-order valence-electron chi connectivity index (χ0n) is 12.4. The molecule has 0 heterocycles. The summed E-state index contributed by atoms with van der Waals surface area (Å²) >= 11 is 0. The Morgan fingerprint density at radius 3 is 2.45 bits per heavy atom. The van der Waals surface area contributed by atoms with E-state index >= 15 is 0 Å². The molecule has 0 aliphatic heterocycles. The second-order valence-electron chi connectivity index (χ2n) is 5.37. The van der Waals surface area contributed by atoms with Crippen LogP contribution in [0.1, 0.15) is 29.5 Å². The van der Waals surface area contributed by atoms with Crippen molar-refractivity contribution in [1.82, 2.24) is 5.32 Å². The van der Waals surface area contributed by atoms with Crippen LogP contribution in [0.3, 0.4) is 0 Å². The summed E-state index contributed by atoms with van der Waals surface area (Å²) in [5.74, 6) is 0.219. The third kappa shape index (κ3) is 3.45. The standard InChI is InChI=1S/C18H22FN/c1-13-9-10-17(19)11-16(13)12-18(20-3)14(2)15-7-5-4-6-8-15/h4-11,14,18,20H,12H2,1-3H3. The van der Waals surface area contributed by atoms with E-state index in [2.05, 4.69) is 36.5 Å². The first-order valence-corrected chi connectivity index (χ1v) is 7.09. The maximum atomic E-state index is 13.4. The molecule has 2 rings (SSSR count). The molecular formula is C18H22FN. The third-order valence-electron chi connectivity index (χ3n) is 4.05. The van der Waals surface area contributed by atoms with E-state index in [0.717, 1.165) is 17.5 Å². The molecule has 20 heavy (non-hydrogen) atoms. The molecule has 0 saturated carbocycles. The van der Waals surface area contributed by atoms with Gasteiger partial charge in [0.25, 0.3) is 0 Å². The highest BCUT2D eigenvalue weighted by molar-refractivity contribution is 5.29. The Labute approximate surface area is 120 Å². The number of aryl methyl sites for hydroxylation is 1. The number of nitrogens with one attached hydrogen (secondary N) is 1. The summed E-state index contributed by atoms with van der Waals surface area (Å²) in [6.45, 7) is 4.25. The minimum Gasteiger partial charge on any atom is -0.316 e. The van der Waals surface area contributed by atoms with Crippen molar-refractivity contribution in [2.75, 3.05) is 7.05 Å². The van der Waals surface area contributed by atoms with Gasteiger partial charge in [-0.1, -0.05) is 43.3 Å². The molecule has 0 aliphatic carbocycles. The number of hydrogen-bond donors (Lipinski definition) is 1. The Morgan fingerprint density at radius 1 is 1.10 bits per heavy atom. The molecule has 2 unspecified atom stereocenters. The second kappa shape index (κ2) is 6.67. The molecule has 1 nitrogen and oxygen atoms in total. The fraction of sp³-hybridized carbons (Fsp3) is 0.333. The second-order valence-corrected chi connectivity index (χ2v) is 5.37. The Morgan fingerprint density at radius 2 is 1.80 bits per heavy atom. The molecule has 2 heteroatoms. The largest absolute Gasteiger partial charge is 0.316 e. The van der Waals surface area contributed by atoms with Gasteiger partial charge in [0.1, 0.15) is 5.82 Å². The van der Waals surface area contributed by atoms with E-state index in [1.165, 1.54) is 11.6 Å². The summed E-state index contributed by atoms with van der Waals surface area (Å²) in [6, 6.07) is 15.8. The number of halogens is 1. The van der Waals surface area contributed by atoms with Crippen LogP contribution in [0.2, 0.25) is 0 Å². The zero-order chi connectivity index (χ0) is 14.5. The highest BCUT2D eigenvalue weighted by atomic mass is 19.1. The van der Waals surface area contributed by atoms with E-state index in [9.17, 15) is 4.39 Å². The summed E-state index contributed by atoms with van der Waals surface area (Å²) in [4.78, 5) is 0. The molecule has 0 saturated heterocycles. The Hall–Kier alpha value is -1.67. The number of likely N-dealkylation sites (N-methyl/N-ethyl adjacent to an activating group) is 1. The molecule has 0 radical (unpaired) electrons. The smallest absolute Gasteiger partial charge is 0.123 e. The van der Waals surface area contributed by atoms with Crippen LogP contribution in [0.25, 0.3) is 0 Å². The Balaban J connectivity index is 2.18. The van der Waals surface area contributed by atoms with Crippen LogP contribution in [-0.2, 0) is 6.42 Å². The lowest BCUT2D eigenvalue weighted by Gasteiger charge is -2.25. The van der Waals surface area contributed by atoms with Crippen LogP contribution in [0.4, 0.5) is 4.39 Å². The van der Waals surface area contributed by atoms with Gasteiger partial charge in [-0.2, -0.15) is 0 Å². The maximum absolute atomic E-state index is 13.4. The molecule has 0 fully saturated rings. The summed E-state index contributed by atoms with van der Waals surface area (Å²) in [5, 5.41) is 3.37. The highest BCUT2D eigenvalue weighted by Gasteiger charge is 2.18. The van der Waals surface area contributed by atoms with Crippen molar-refractivity contribution in [2.24, 2.45) is 0 Å². The maximum Gasteiger partial charge on any atom is 0.123 e. The van der Waals surface area contributed by atoms with Gasteiger partial charge in [0.15, 0.2) is 0 Å². The predicted octanol–water partition coefficient (Wildman–Crippen LogP) is 4.07. The van der Waals surface area contributed by atoms with Crippen molar-refractivity contribution in [1.29, 1.82) is 0 Å². The van der Waals surface area contributed by atoms with Crippen LogP contribution < -0.4 is 5.32 Å². The van der Waals surface area contributed by atoms with Crippen molar-refractivity contribution < 1.29 is 4.39 Å². The average Bonchev–Trinajstić information content (AvgIpc) is 2.48. The highest BCUT2D eigenvalue weighted by Crippen LogP contribution is 2.23. The third-order valence-corrected chi connectivity index (χ3v) is 4.05. The lowest BCUT2D eigenvalue weighted by atomic mass is 9.88. The van der Waals surface area contributed by atoms with Gasteiger partial charge >= 0.3 is 0 Å². The predicted molar refractivity (Wildman–Crippen MR) is 82.5 cm³/mol. The van der Waals surface area contributed by atoms with Gasteiger partial charge in [-0.25, -0.2) is 4.39 Å². The van der Waals surface area contributed by atoms with E-state index in [-0.39, 0.29) is 11.9 Å². The van der Waals surface area contributed by atoms with Crippen molar-refractivity contribution >= 4 is 0 Å². The first kappa shape index (κ1) is 14.7. The minimum absolute atomic E-state index is 0.159. The molecular weight excluding hydrogens is 249 g/mol. The molecule has 1 N–H and O–H groups in total. The molecule has 0 aromatic heterocycles. The number of rotatable bonds is 5. The van der Waals surface area contributed by atoms with E-state index in [1.807, 2.05) is 26.1 Å². The molecule has 0 amide bonds. The van der Waals surface area contributed by atoms with Crippen LogP contribution in [0, 0.1) is 12.7 Å². The van der Waals surface area contributed by atoms with Gasteiger partial charge in [0.05, 0.1) is 0 Å². The molecule has 0 spiro atoms. The van der Waals surface area contributed by atoms with Crippen molar-refractivity contribution in [2.45, 2.75) is 32.2 Å². The normalized spacial score (nSPS) is 14.0. The van der Waals surface area contributed by atoms with Gasteiger partial charge in [0.2, 0.25) is 0 Å². The lowest BCUT2D eigenvalue weighted by Crippen LogP contribution is -2.33. The average molecular weight is 271 g/mol. The Bertz CT molecular complexity index is 551. The quantitative estimate of drug-likeness (QED) is 0.864. The summed E-state index contributed by atoms with van der Waals surface area (Å²) in [5.41, 5.74) is 3.53. The first-order chi connectivity index (χ1) is 9.61. The Kier molecular flexibility index (Phi) is 4.91. The molecule has 2 atom stereocenters. The summed E-state index contributed by atoms with van der Waals surface area (Å²) in [6.07, 6.45) is 0.830. The topological polar surface area (TPSA) is 12.0 Å². The SMILES string of the molecule is CNC(Cc1cc(F)ccc1C)C(C)c1ccccc1. The van der Waals surface area contributed by atoms with Gasteiger partial charge in [0, 0.05) is 6.04 Å². The molecule has 106 valence electrons. The van der Waals surface area contributed by atoms with Crippen LogP contribution >= 0.6 is 0 Å². The van der Waals surface area contributed by atoms with E-state index in [4.69, 9.17) is 0 Å². The monoisotopic (exact) mass is 271 g/mol. The summed E-state index contributed by atoms with van der Waals surface area (Å²) in [7, 11) is 1.97. The number of hydrogen-bond acceptors (Lipinski definition) is 1. The molecule has 0 aliphatic rings. The molecule has 0 bridgehead atoms. The fourth-order valence-corrected chi connectivity index (χ4v) is 2.61. The molecule has 2 aromatic rings. The number of benzene rings is 2. The minimum atomic E-state index is -0.159. The fourth-order valence-electron chi connectivity index (χ4n) is 2.61. The van der Waals surface area contributed by atoms with E-state index in [0.29, 0.717) is 5.92 Å². The van der Waals surface area contributed by atoms with E-state index in [1.54, 1.807) is 6.07 Å². The van der Waals surface area contributed by atoms with Crippen molar-refractivity contribution in [3.8, 4) is 0 Å². The van der Waals surface area contributed by atoms with E-state index < -0.39 is 0 Å². The van der Waals surface area contributed by atoms with Gasteiger partial charge in [-0.3, -0.25) is 0 Å². The van der Waals surface area contributed by atoms with Crippen LogP contribution in [-0.4, -0.2) is 13.1 Å². The zero-order valence-corrected chi connectivity index (χ0v) is 12.4. The van der Waals surface area contributed by atoms with Crippen LogP contribution in [0.5, 0.6) is 0 Å².